The fourth-order valence-corrected chi connectivity index (χ4v) is 1.86. The minimum absolute atomic E-state index is 0.212. The molecule has 0 aromatic carbocycles. The van der Waals surface area contributed by atoms with Gasteiger partial charge in [-0.1, -0.05) is 0 Å². The highest BCUT2D eigenvalue weighted by Gasteiger charge is 2.34. The quantitative estimate of drug-likeness (QED) is 0.637. The second kappa shape index (κ2) is 4.44. The van der Waals surface area contributed by atoms with Crippen molar-refractivity contribution in [2.24, 2.45) is 7.05 Å². The summed E-state index contributed by atoms with van der Waals surface area (Å²) in [6.07, 6.45) is -0.606. The van der Waals surface area contributed by atoms with Gasteiger partial charge in [-0.2, -0.15) is 0 Å². The largest absolute Gasteiger partial charge is 0.394 e. The normalized spacial score (nSPS) is 28.5. The van der Waals surface area contributed by atoms with Crippen molar-refractivity contribution in [2.75, 3.05) is 6.61 Å². The molecule has 1 fully saturated rings. The van der Waals surface area contributed by atoms with Crippen LogP contribution < -0.4 is 11.2 Å². The smallest absolute Gasteiger partial charge is 0.332 e. The third kappa shape index (κ3) is 2.04. The number of ether oxygens (including phenoxy) is 1. The summed E-state index contributed by atoms with van der Waals surface area (Å²) in [7, 11) is 1.37. The van der Waals surface area contributed by atoms with Gasteiger partial charge in [-0.25, -0.2) is 4.79 Å². The Balaban J connectivity index is 2.34. The highest BCUT2D eigenvalue weighted by molar-refractivity contribution is 4.89. The summed E-state index contributed by atoms with van der Waals surface area (Å²) in [5.41, 5.74) is -0.906. The van der Waals surface area contributed by atoms with Crippen molar-refractivity contribution >= 4 is 0 Å². The first-order chi connectivity index (χ1) is 8.04. The van der Waals surface area contributed by atoms with Gasteiger partial charge < -0.3 is 14.9 Å². The average molecular weight is 242 g/mol. The van der Waals surface area contributed by atoms with Crippen LogP contribution in [0.5, 0.6) is 0 Å². The highest BCUT2D eigenvalue weighted by atomic mass is 16.5. The first-order valence-electron chi connectivity index (χ1n) is 5.27. The van der Waals surface area contributed by atoms with Crippen LogP contribution in [0.4, 0.5) is 0 Å². The third-order valence-corrected chi connectivity index (χ3v) is 2.91. The Morgan fingerprint density at radius 2 is 2.24 bits per heavy atom. The van der Waals surface area contributed by atoms with E-state index in [0.29, 0.717) is 0 Å². The molecule has 3 atom stereocenters. The number of aromatic nitrogens is 2. The molecule has 2 heterocycles. The van der Waals surface area contributed by atoms with Crippen LogP contribution in [-0.4, -0.2) is 38.2 Å². The molecule has 1 saturated heterocycles. The summed E-state index contributed by atoms with van der Waals surface area (Å²) < 4.78 is 7.53. The molecule has 7 heteroatoms. The van der Waals surface area contributed by atoms with E-state index >= 15 is 0 Å². The van der Waals surface area contributed by atoms with Gasteiger partial charge in [-0.3, -0.25) is 13.9 Å². The van der Waals surface area contributed by atoms with Gasteiger partial charge in [0.1, 0.15) is 12.3 Å². The van der Waals surface area contributed by atoms with Crippen LogP contribution >= 0.6 is 0 Å². The Morgan fingerprint density at radius 1 is 1.53 bits per heavy atom. The Hall–Kier alpha value is -1.44. The van der Waals surface area contributed by atoms with E-state index in [1.54, 1.807) is 0 Å². The van der Waals surface area contributed by atoms with Gasteiger partial charge >= 0.3 is 5.69 Å². The molecular weight excluding hydrogens is 228 g/mol. The number of nitrogens with zero attached hydrogens (tertiary/aromatic N) is 2. The van der Waals surface area contributed by atoms with Crippen LogP contribution in [0, 0.1) is 0 Å². The predicted octanol–water partition coefficient (Wildman–Crippen LogP) is -1.81. The van der Waals surface area contributed by atoms with Gasteiger partial charge in [0.2, 0.25) is 0 Å². The van der Waals surface area contributed by atoms with E-state index in [0.717, 1.165) is 4.57 Å². The summed E-state index contributed by atoms with van der Waals surface area (Å²) in [6, 6.07) is 1.25. The van der Waals surface area contributed by atoms with Crippen molar-refractivity contribution < 1.29 is 14.9 Å². The highest BCUT2D eigenvalue weighted by Crippen LogP contribution is 2.26. The van der Waals surface area contributed by atoms with Crippen molar-refractivity contribution in [2.45, 2.75) is 24.9 Å². The van der Waals surface area contributed by atoms with E-state index in [1.807, 2.05) is 0 Å². The summed E-state index contributed by atoms with van der Waals surface area (Å²) in [6.45, 7) is -0.307. The van der Waals surface area contributed by atoms with Gasteiger partial charge in [0, 0.05) is 25.7 Å². The summed E-state index contributed by atoms with van der Waals surface area (Å²) in [5, 5.41) is 18.5. The molecule has 0 radical (unpaired) electrons. The van der Waals surface area contributed by atoms with Crippen LogP contribution in [-0.2, 0) is 11.8 Å². The van der Waals surface area contributed by atoms with E-state index in [4.69, 9.17) is 9.84 Å². The Bertz CT molecular complexity index is 520. The van der Waals surface area contributed by atoms with Crippen LogP contribution in [0.25, 0.3) is 0 Å². The minimum atomic E-state index is -0.811. The molecule has 1 aromatic heterocycles. The number of hydrogen-bond donors (Lipinski definition) is 2. The van der Waals surface area contributed by atoms with Crippen molar-refractivity contribution in [1.29, 1.82) is 0 Å². The molecule has 0 saturated carbocycles. The first kappa shape index (κ1) is 12.0. The minimum Gasteiger partial charge on any atom is -0.394 e. The first-order valence-corrected chi connectivity index (χ1v) is 5.27. The van der Waals surface area contributed by atoms with Crippen molar-refractivity contribution in [3.8, 4) is 0 Å². The molecule has 1 aliphatic rings. The van der Waals surface area contributed by atoms with Gasteiger partial charge in [0.05, 0.1) is 12.7 Å². The third-order valence-electron chi connectivity index (χ3n) is 2.91. The lowest BCUT2D eigenvalue weighted by Gasteiger charge is -2.14. The Labute approximate surface area is 96.5 Å². The lowest BCUT2D eigenvalue weighted by Crippen LogP contribution is -2.38. The molecule has 2 N–H and O–H groups in total. The number of aliphatic hydroxyl groups excluding tert-OH is 2. The molecule has 1 unspecified atom stereocenters. The molecule has 7 nitrogen and oxygen atoms in total. The molecule has 0 spiro atoms. The van der Waals surface area contributed by atoms with E-state index in [-0.39, 0.29) is 13.0 Å². The fourth-order valence-electron chi connectivity index (χ4n) is 1.86. The van der Waals surface area contributed by atoms with Crippen LogP contribution in [0.2, 0.25) is 0 Å². The number of aliphatic hydroxyl groups is 2. The maximum atomic E-state index is 11.8. The predicted molar refractivity (Wildman–Crippen MR) is 57.6 cm³/mol. The molecule has 0 aliphatic carbocycles. The van der Waals surface area contributed by atoms with E-state index < -0.39 is 29.7 Å². The maximum absolute atomic E-state index is 11.8. The average Bonchev–Trinajstić information content (AvgIpc) is 2.67. The van der Waals surface area contributed by atoms with Gasteiger partial charge in [-0.05, 0) is 0 Å². The van der Waals surface area contributed by atoms with Gasteiger partial charge in [-0.15, -0.1) is 0 Å². The lowest BCUT2D eigenvalue weighted by atomic mass is 10.2. The van der Waals surface area contributed by atoms with Crippen molar-refractivity contribution in [1.82, 2.24) is 9.13 Å². The summed E-state index contributed by atoms with van der Waals surface area (Å²) in [5.74, 6) is 0. The fraction of sp³-hybridized carbons (Fsp3) is 0.600. The van der Waals surface area contributed by atoms with Crippen LogP contribution in [0.3, 0.4) is 0 Å². The van der Waals surface area contributed by atoms with E-state index in [1.165, 1.54) is 23.9 Å². The van der Waals surface area contributed by atoms with E-state index in [9.17, 15) is 14.7 Å². The zero-order valence-corrected chi connectivity index (χ0v) is 9.31. The topological polar surface area (TPSA) is 93.7 Å². The van der Waals surface area contributed by atoms with Crippen molar-refractivity contribution in [3.05, 3.63) is 33.1 Å². The monoisotopic (exact) mass is 242 g/mol. The Kier molecular flexibility index (Phi) is 3.14. The van der Waals surface area contributed by atoms with Gasteiger partial charge in [0.25, 0.3) is 5.56 Å². The maximum Gasteiger partial charge on any atom is 0.332 e. The second-order valence-corrected chi connectivity index (χ2v) is 4.02. The summed E-state index contributed by atoms with van der Waals surface area (Å²) >= 11 is 0. The van der Waals surface area contributed by atoms with E-state index in [2.05, 4.69) is 0 Å². The lowest BCUT2D eigenvalue weighted by molar-refractivity contribution is -0.0462. The molecule has 2 rings (SSSR count). The number of rotatable bonds is 2. The standard InChI is InChI=1S/C10H14N2O5/c1-11-8(15)2-3-12(10(11)16)9-4-6(14)7(5-13)17-9/h2-3,6-7,9,13-14H,4-5H2,1H3/t6-,7?,9-/m1/s1. The molecule has 1 aromatic rings. The SMILES string of the molecule is Cn1c(=O)ccn([C@H]2C[C@@H](O)C(CO)O2)c1=O. The molecule has 1 aliphatic heterocycles. The summed E-state index contributed by atoms with van der Waals surface area (Å²) in [4.78, 5) is 23.0. The Morgan fingerprint density at radius 3 is 2.82 bits per heavy atom. The van der Waals surface area contributed by atoms with Crippen LogP contribution in [0.1, 0.15) is 12.6 Å². The van der Waals surface area contributed by atoms with Crippen molar-refractivity contribution in [3.63, 3.8) is 0 Å². The molecule has 0 amide bonds. The molecule has 94 valence electrons. The zero-order valence-electron chi connectivity index (χ0n) is 9.31. The zero-order chi connectivity index (χ0) is 12.6. The second-order valence-electron chi connectivity index (χ2n) is 4.02. The molecule has 0 bridgehead atoms. The number of hydrogen-bond acceptors (Lipinski definition) is 5. The molecule has 17 heavy (non-hydrogen) atoms. The molecular formula is C10H14N2O5. The van der Waals surface area contributed by atoms with Gasteiger partial charge in [0.15, 0.2) is 0 Å². The van der Waals surface area contributed by atoms with Crippen LogP contribution in [0.15, 0.2) is 21.9 Å².